The van der Waals surface area contributed by atoms with Crippen LogP contribution in [0.25, 0.3) is 22.2 Å². The fraction of sp³-hybridized carbons (Fsp3) is 0.440. The van der Waals surface area contributed by atoms with Gasteiger partial charge < -0.3 is 9.88 Å². The highest BCUT2D eigenvalue weighted by Gasteiger charge is 2.29. The molecule has 1 N–H and O–H groups in total. The van der Waals surface area contributed by atoms with Gasteiger partial charge in [-0.1, -0.05) is 43.5 Å². The second kappa shape index (κ2) is 6.44. The molecule has 1 saturated carbocycles. The summed E-state index contributed by atoms with van der Waals surface area (Å²) in [5.74, 6) is 0.697. The second-order valence-electron chi connectivity index (χ2n) is 8.82. The number of nitrogens with zero attached hydrogens (tertiary/aromatic N) is 1. The van der Waals surface area contributed by atoms with Crippen LogP contribution >= 0.6 is 0 Å². The Hall–Kier alpha value is -2.22. The zero-order valence-electron chi connectivity index (χ0n) is 16.8. The molecule has 2 aromatic carbocycles. The molecular formula is C25H30N2. The molecule has 0 saturated heterocycles. The Morgan fingerprint density at radius 3 is 2.48 bits per heavy atom. The van der Waals surface area contributed by atoms with E-state index in [0.717, 1.165) is 6.54 Å². The van der Waals surface area contributed by atoms with Gasteiger partial charge in [0.05, 0.1) is 5.69 Å². The summed E-state index contributed by atoms with van der Waals surface area (Å²) in [7, 11) is 0. The lowest BCUT2D eigenvalue weighted by Gasteiger charge is -2.24. The summed E-state index contributed by atoms with van der Waals surface area (Å²) in [6, 6.07) is 14.5. The van der Waals surface area contributed by atoms with Crippen LogP contribution in [0.5, 0.6) is 0 Å². The van der Waals surface area contributed by atoms with Crippen LogP contribution in [-0.4, -0.2) is 10.6 Å². The first-order chi connectivity index (χ1) is 13.1. The van der Waals surface area contributed by atoms with Crippen LogP contribution in [0.2, 0.25) is 0 Å². The number of fused-ring (bicyclic) bond motifs is 5. The molecule has 1 unspecified atom stereocenters. The van der Waals surface area contributed by atoms with E-state index in [2.05, 4.69) is 67.1 Å². The zero-order chi connectivity index (χ0) is 18.5. The summed E-state index contributed by atoms with van der Waals surface area (Å²) in [5.41, 5.74) is 9.89. The smallest absolute Gasteiger partial charge is 0.0548 e. The normalized spacial score (nSPS) is 20.0. The van der Waals surface area contributed by atoms with Crippen LogP contribution in [0.4, 0.5) is 5.69 Å². The van der Waals surface area contributed by atoms with Crippen LogP contribution in [0.15, 0.2) is 36.4 Å². The molecule has 0 bridgehead atoms. The standard InChI is InChI=1S/C25H30N2/c1-16-9-11-20-22(13-16)26-18(3)15-27-23-14-17(2)10-12-21(23)24(25(20)27)19-7-5-4-6-8-19/h9-14,18-19,26H,4-8,15H2,1-3H3. The second-order valence-corrected chi connectivity index (χ2v) is 8.82. The van der Waals surface area contributed by atoms with E-state index >= 15 is 0 Å². The Morgan fingerprint density at radius 2 is 1.67 bits per heavy atom. The van der Waals surface area contributed by atoms with Crippen molar-refractivity contribution in [3.05, 3.63) is 53.1 Å². The van der Waals surface area contributed by atoms with Gasteiger partial charge in [-0.15, -0.1) is 0 Å². The van der Waals surface area contributed by atoms with Crippen LogP contribution in [0, 0.1) is 13.8 Å². The molecule has 27 heavy (non-hydrogen) atoms. The molecule has 2 aliphatic rings. The average molecular weight is 359 g/mol. The lowest BCUT2D eigenvalue weighted by atomic mass is 9.81. The molecule has 3 aromatic rings. The van der Waals surface area contributed by atoms with E-state index in [-0.39, 0.29) is 0 Å². The quantitative estimate of drug-likeness (QED) is 0.507. The fourth-order valence-electron chi connectivity index (χ4n) is 5.34. The van der Waals surface area contributed by atoms with Gasteiger partial charge in [-0.25, -0.2) is 0 Å². The van der Waals surface area contributed by atoms with Crippen molar-refractivity contribution in [2.45, 2.75) is 71.4 Å². The summed E-state index contributed by atoms with van der Waals surface area (Å²) >= 11 is 0. The zero-order valence-corrected chi connectivity index (χ0v) is 16.8. The van der Waals surface area contributed by atoms with Crippen molar-refractivity contribution in [3.8, 4) is 11.3 Å². The molecule has 0 amide bonds. The lowest BCUT2D eigenvalue weighted by Crippen LogP contribution is -2.19. The Labute approximate surface area is 162 Å². The Bertz CT molecular complexity index is 1000. The van der Waals surface area contributed by atoms with Crippen molar-refractivity contribution in [3.63, 3.8) is 0 Å². The maximum atomic E-state index is 3.78. The maximum absolute atomic E-state index is 3.78. The van der Waals surface area contributed by atoms with Gasteiger partial charge in [0, 0.05) is 34.7 Å². The molecule has 5 rings (SSSR count). The van der Waals surface area contributed by atoms with E-state index in [1.807, 2.05) is 0 Å². The fourth-order valence-corrected chi connectivity index (χ4v) is 5.34. The summed E-state index contributed by atoms with van der Waals surface area (Å²) in [6.07, 6.45) is 6.82. The minimum Gasteiger partial charge on any atom is -0.380 e. The highest BCUT2D eigenvalue weighted by Crippen LogP contribution is 2.47. The molecule has 1 aliphatic carbocycles. The van der Waals surface area contributed by atoms with E-state index in [1.165, 1.54) is 71.1 Å². The highest BCUT2D eigenvalue weighted by molar-refractivity contribution is 5.96. The largest absolute Gasteiger partial charge is 0.380 e. The van der Waals surface area contributed by atoms with Crippen molar-refractivity contribution in [2.24, 2.45) is 0 Å². The molecule has 0 radical (unpaired) electrons. The first-order valence-electron chi connectivity index (χ1n) is 10.6. The summed E-state index contributed by atoms with van der Waals surface area (Å²) in [5, 5.41) is 5.27. The molecule has 1 aromatic heterocycles. The van der Waals surface area contributed by atoms with Crippen molar-refractivity contribution >= 4 is 16.6 Å². The van der Waals surface area contributed by atoms with E-state index in [1.54, 1.807) is 5.56 Å². The highest BCUT2D eigenvalue weighted by atomic mass is 15.1. The van der Waals surface area contributed by atoms with Crippen LogP contribution < -0.4 is 5.32 Å². The van der Waals surface area contributed by atoms with Crippen LogP contribution in [0.3, 0.4) is 0 Å². The van der Waals surface area contributed by atoms with Crippen molar-refractivity contribution < 1.29 is 0 Å². The third-order valence-corrected chi connectivity index (χ3v) is 6.56. The third kappa shape index (κ3) is 2.77. The Morgan fingerprint density at radius 1 is 0.926 bits per heavy atom. The Balaban J connectivity index is 1.85. The molecule has 1 atom stereocenters. The molecule has 1 fully saturated rings. The van der Waals surface area contributed by atoms with Gasteiger partial charge in [-0.3, -0.25) is 0 Å². The number of hydrogen-bond donors (Lipinski definition) is 1. The van der Waals surface area contributed by atoms with Crippen LogP contribution in [0.1, 0.15) is 61.6 Å². The van der Waals surface area contributed by atoms with E-state index in [9.17, 15) is 0 Å². The lowest BCUT2D eigenvalue weighted by molar-refractivity contribution is 0.445. The minimum atomic E-state index is 0.419. The molecule has 140 valence electrons. The minimum absolute atomic E-state index is 0.419. The number of rotatable bonds is 1. The number of aryl methyl sites for hydroxylation is 2. The summed E-state index contributed by atoms with van der Waals surface area (Å²) < 4.78 is 2.62. The molecule has 0 spiro atoms. The summed E-state index contributed by atoms with van der Waals surface area (Å²) in [4.78, 5) is 0. The van der Waals surface area contributed by atoms with Gasteiger partial charge in [0.2, 0.25) is 0 Å². The van der Waals surface area contributed by atoms with Crippen molar-refractivity contribution in [2.75, 3.05) is 5.32 Å². The van der Waals surface area contributed by atoms with E-state index in [4.69, 9.17) is 0 Å². The number of aromatic nitrogens is 1. The van der Waals surface area contributed by atoms with Crippen LogP contribution in [-0.2, 0) is 6.54 Å². The van der Waals surface area contributed by atoms with E-state index < -0.39 is 0 Å². The van der Waals surface area contributed by atoms with Gasteiger partial charge in [0.25, 0.3) is 0 Å². The third-order valence-electron chi connectivity index (χ3n) is 6.56. The molecule has 2 heteroatoms. The number of hydrogen-bond acceptors (Lipinski definition) is 1. The van der Waals surface area contributed by atoms with Gasteiger partial charge in [-0.2, -0.15) is 0 Å². The first kappa shape index (κ1) is 16.9. The number of benzene rings is 2. The predicted molar refractivity (Wildman–Crippen MR) is 116 cm³/mol. The first-order valence-corrected chi connectivity index (χ1v) is 10.6. The average Bonchev–Trinajstić information content (AvgIpc) is 2.87. The van der Waals surface area contributed by atoms with Gasteiger partial charge >= 0.3 is 0 Å². The molecular weight excluding hydrogens is 328 g/mol. The van der Waals surface area contributed by atoms with Gasteiger partial charge in [-0.05, 0) is 68.4 Å². The van der Waals surface area contributed by atoms with E-state index in [0.29, 0.717) is 12.0 Å². The van der Waals surface area contributed by atoms with Gasteiger partial charge in [0.15, 0.2) is 0 Å². The number of nitrogens with one attached hydrogen (secondary N) is 1. The SMILES string of the molecule is Cc1ccc2c(c1)NC(C)Cn1c-2c(C2CCCCC2)c2ccc(C)cc21. The molecule has 2 nitrogen and oxygen atoms in total. The molecule has 2 heterocycles. The summed E-state index contributed by atoms with van der Waals surface area (Å²) in [6.45, 7) is 7.74. The maximum Gasteiger partial charge on any atom is 0.0548 e. The van der Waals surface area contributed by atoms with Gasteiger partial charge in [0.1, 0.15) is 0 Å². The van der Waals surface area contributed by atoms with Crippen molar-refractivity contribution in [1.29, 1.82) is 0 Å². The molecule has 1 aliphatic heterocycles. The Kier molecular flexibility index (Phi) is 4.03. The monoisotopic (exact) mass is 358 g/mol. The number of anilines is 1. The predicted octanol–water partition coefficient (Wildman–Crippen LogP) is 6.79. The van der Waals surface area contributed by atoms with Crippen molar-refractivity contribution in [1.82, 2.24) is 4.57 Å². The topological polar surface area (TPSA) is 17.0 Å².